The molecule has 4 aromatic rings. The Hall–Kier alpha value is -3.52. The standard InChI is InChI=1S/C20H20N8/c1-2-4-17-16(3-1)20(25-18-14-22-7-8-23-18)26-28(17)19-13-15(5-6-24-19)27-11-9-21-10-12-27/h1-8,13-14,21H,9-12H2,(H,23,25,26). The van der Waals surface area contributed by atoms with Gasteiger partial charge in [0.1, 0.15) is 5.82 Å². The van der Waals surface area contributed by atoms with Gasteiger partial charge < -0.3 is 15.5 Å². The summed E-state index contributed by atoms with van der Waals surface area (Å²) in [4.78, 5) is 15.3. The lowest BCUT2D eigenvalue weighted by molar-refractivity contribution is 0.589. The number of benzene rings is 1. The molecule has 1 aromatic carbocycles. The van der Waals surface area contributed by atoms with E-state index >= 15 is 0 Å². The summed E-state index contributed by atoms with van der Waals surface area (Å²) in [5.41, 5.74) is 2.15. The van der Waals surface area contributed by atoms with E-state index in [0.717, 1.165) is 54.4 Å². The minimum absolute atomic E-state index is 0.653. The maximum atomic E-state index is 4.79. The average Bonchev–Trinajstić information content (AvgIpc) is 3.14. The smallest absolute Gasteiger partial charge is 0.162 e. The van der Waals surface area contributed by atoms with E-state index in [2.05, 4.69) is 42.6 Å². The van der Waals surface area contributed by atoms with Crippen LogP contribution in [-0.2, 0) is 0 Å². The van der Waals surface area contributed by atoms with Crippen molar-refractivity contribution in [3.63, 3.8) is 0 Å². The maximum Gasteiger partial charge on any atom is 0.162 e. The highest BCUT2D eigenvalue weighted by atomic mass is 15.3. The Morgan fingerprint density at radius 1 is 0.964 bits per heavy atom. The molecular weight excluding hydrogens is 352 g/mol. The van der Waals surface area contributed by atoms with Crippen molar-refractivity contribution in [2.45, 2.75) is 0 Å². The van der Waals surface area contributed by atoms with E-state index in [1.54, 1.807) is 18.6 Å². The molecule has 140 valence electrons. The first-order chi connectivity index (χ1) is 13.9. The second-order valence-electron chi connectivity index (χ2n) is 6.60. The van der Waals surface area contributed by atoms with Gasteiger partial charge in [0.25, 0.3) is 0 Å². The SMILES string of the molecule is c1ccc2c(c1)c(Nc1cnccn1)nn2-c1cc(N2CCNCC2)ccn1. The van der Waals surface area contributed by atoms with Gasteiger partial charge in [-0.05, 0) is 18.2 Å². The number of pyridine rings is 1. The fraction of sp³-hybridized carbons (Fsp3) is 0.200. The summed E-state index contributed by atoms with van der Waals surface area (Å²) in [6.45, 7) is 3.97. The zero-order chi connectivity index (χ0) is 18.8. The molecule has 0 bridgehead atoms. The number of rotatable bonds is 4. The fourth-order valence-electron chi connectivity index (χ4n) is 3.46. The Balaban J connectivity index is 1.56. The Kier molecular flexibility index (Phi) is 4.30. The van der Waals surface area contributed by atoms with Gasteiger partial charge in [-0.2, -0.15) is 0 Å². The van der Waals surface area contributed by atoms with E-state index in [9.17, 15) is 0 Å². The number of piperazine rings is 1. The molecule has 28 heavy (non-hydrogen) atoms. The van der Waals surface area contributed by atoms with E-state index in [0.29, 0.717) is 5.82 Å². The summed E-state index contributed by atoms with van der Waals surface area (Å²) >= 11 is 0. The zero-order valence-electron chi connectivity index (χ0n) is 15.3. The molecule has 0 saturated carbocycles. The van der Waals surface area contributed by atoms with E-state index in [4.69, 9.17) is 5.10 Å². The molecular formula is C20H20N8. The monoisotopic (exact) mass is 372 g/mol. The lowest BCUT2D eigenvalue weighted by atomic mass is 10.2. The summed E-state index contributed by atoms with van der Waals surface area (Å²) < 4.78 is 1.87. The number of anilines is 3. The number of hydrogen-bond donors (Lipinski definition) is 2. The third kappa shape index (κ3) is 3.14. The van der Waals surface area contributed by atoms with Crippen molar-refractivity contribution in [3.8, 4) is 5.82 Å². The fourth-order valence-corrected chi connectivity index (χ4v) is 3.46. The van der Waals surface area contributed by atoms with Gasteiger partial charge >= 0.3 is 0 Å². The molecule has 0 spiro atoms. The number of aromatic nitrogens is 5. The van der Waals surface area contributed by atoms with Gasteiger partial charge in [-0.3, -0.25) is 4.98 Å². The van der Waals surface area contributed by atoms with Gasteiger partial charge in [0.05, 0.1) is 11.7 Å². The van der Waals surface area contributed by atoms with Gasteiger partial charge in [-0.1, -0.05) is 12.1 Å². The normalized spacial score (nSPS) is 14.4. The molecule has 1 saturated heterocycles. The molecule has 3 aromatic heterocycles. The van der Waals surface area contributed by atoms with E-state index < -0.39 is 0 Å². The molecule has 5 rings (SSSR count). The quantitative estimate of drug-likeness (QED) is 0.569. The van der Waals surface area contributed by atoms with Crippen LogP contribution in [-0.4, -0.2) is 50.9 Å². The van der Waals surface area contributed by atoms with Crippen molar-refractivity contribution in [1.29, 1.82) is 0 Å². The third-order valence-corrected chi connectivity index (χ3v) is 4.83. The van der Waals surface area contributed by atoms with Crippen molar-refractivity contribution in [3.05, 3.63) is 61.2 Å². The van der Waals surface area contributed by atoms with Gasteiger partial charge in [0.2, 0.25) is 0 Å². The van der Waals surface area contributed by atoms with Gasteiger partial charge in [0, 0.05) is 61.9 Å². The summed E-state index contributed by atoms with van der Waals surface area (Å²) in [5, 5.41) is 12.4. The molecule has 0 atom stereocenters. The first-order valence-electron chi connectivity index (χ1n) is 9.31. The minimum Gasteiger partial charge on any atom is -0.369 e. The van der Waals surface area contributed by atoms with Gasteiger partial charge in [0.15, 0.2) is 11.6 Å². The second kappa shape index (κ2) is 7.24. The summed E-state index contributed by atoms with van der Waals surface area (Å²) in [7, 11) is 0. The van der Waals surface area contributed by atoms with Crippen LogP contribution in [0.25, 0.3) is 16.7 Å². The number of para-hydroxylation sites is 1. The highest BCUT2D eigenvalue weighted by molar-refractivity contribution is 5.92. The summed E-state index contributed by atoms with van der Waals surface area (Å²) in [5.74, 6) is 2.17. The van der Waals surface area contributed by atoms with Crippen LogP contribution in [0, 0.1) is 0 Å². The van der Waals surface area contributed by atoms with Crippen molar-refractivity contribution in [2.24, 2.45) is 0 Å². The molecule has 0 aliphatic carbocycles. The molecule has 8 heteroatoms. The van der Waals surface area contributed by atoms with Crippen LogP contribution in [0.3, 0.4) is 0 Å². The molecule has 4 heterocycles. The molecule has 1 aliphatic heterocycles. The largest absolute Gasteiger partial charge is 0.369 e. The highest BCUT2D eigenvalue weighted by Crippen LogP contribution is 2.28. The lowest BCUT2D eigenvalue weighted by Gasteiger charge is -2.29. The topological polar surface area (TPSA) is 83.8 Å². The molecule has 1 aliphatic rings. The Labute approximate surface area is 162 Å². The van der Waals surface area contributed by atoms with Crippen LogP contribution < -0.4 is 15.5 Å². The first kappa shape index (κ1) is 16.6. The van der Waals surface area contributed by atoms with E-state index in [-0.39, 0.29) is 0 Å². The van der Waals surface area contributed by atoms with Crippen LogP contribution in [0.1, 0.15) is 0 Å². The molecule has 8 nitrogen and oxygen atoms in total. The summed E-state index contributed by atoms with van der Waals surface area (Å²) in [6.07, 6.45) is 6.82. The lowest BCUT2D eigenvalue weighted by Crippen LogP contribution is -2.43. The van der Waals surface area contributed by atoms with Crippen molar-refractivity contribution in [1.82, 2.24) is 30.0 Å². The Morgan fingerprint density at radius 3 is 2.71 bits per heavy atom. The van der Waals surface area contributed by atoms with Crippen LogP contribution in [0.4, 0.5) is 17.3 Å². The predicted octanol–water partition coefficient (Wildman–Crippen LogP) is 2.36. The third-order valence-electron chi connectivity index (χ3n) is 4.83. The van der Waals surface area contributed by atoms with Crippen LogP contribution in [0.5, 0.6) is 0 Å². The maximum absolute atomic E-state index is 4.79. The molecule has 2 N–H and O–H groups in total. The van der Waals surface area contributed by atoms with Gasteiger partial charge in [-0.15, -0.1) is 5.10 Å². The Morgan fingerprint density at radius 2 is 1.86 bits per heavy atom. The van der Waals surface area contributed by atoms with E-state index in [1.165, 1.54) is 0 Å². The number of nitrogens with one attached hydrogen (secondary N) is 2. The van der Waals surface area contributed by atoms with Crippen molar-refractivity contribution < 1.29 is 0 Å². The van der Waals surface area contributed by atoms with Crippen molar-refractivity contribution >= 4 is 28.2 Å². The van der Waals surface area contributed by atoms with Gasteiger partial charge in [-0.25, -0.2) is 14.6 Å². The minimum atomic E-state index is 0.653. The zero-order valence-corrected chi connectivity index (χ0v) is 15.3. The van der Waals surface area contributed by atoms with Crippen LogP contribution in [0.15, 0.2) is 61.2 Å². The summed E-state index contributed by atoms with van der Waals surface area (Å²) in [6, 6.07) is 12.2. The molecule has 1 fully saturated rings. The first-order valence-corrected chi connectivity index (χ1v) is 9.31. The second-order valence-corrected chi connectivity index (χ2v) is 6.60. The number of hydrogen-bond acceptors (Lipinski definition) is 7. The molecule has 0 unspecified atom stereocenters. The highest BCUT2D eigenvalue weighted by Gasteiger charge is 2.15. The molecule has 0 radical (unpaired) electrons. The van der Waals surface area contributed by atoms with Crippen molar-refractivity contribution in [2.75, 3.05) is 36.4 Å². The number of fused-ring (bicyclic) bond motifs is 1. The number of nitrogens with zero attached hydrogens (tertiary/aromatic N) is 6. The Bertz CT molecular complexity index is 1090. The van der Waals surface area contributed by atoms with E-state index in [1.807, 2.05) is 35.1 Å². The van der Waals surface area contributed by atoms with Crippen LogP contribution >= 0.6 is 0 Å². The average molecular weight is 372 g/mol. The van der Waals surface area contributed by atoms with Crippen LogP contribution in [0.2, 0.25) is 0 Å². The molecule has 0 amide bonds. The predicted molar refractivity (Wildman–Crippen MR) is 109 cm³/mol.